The molecule has 4 nitrogen and oxygen atoms in total. The number of sulfonamides is 1. The molecule has 2 rings (SSSR count). The van der Waals surface area contributed by atoms with E-state index < -0.39 is 10.0 Å². The lowest BCUT2D eigenvalue weighted by molar-refractivity contribution is 0.280. The Kier molecular flexibility index (Phi) is 3.25. The van der Waals surface area contributed by atoms with Crippen molar-refractivity contribution in [3.05, 3.63) is 29.3 Å². The Morgan fingerprint density at radius 2 is 2.06 bits per heavy atom. The van der Waals surface area contributed by atoms with Gasteiger partial charge >= 0.3 is 0 Å². The molecule has 0 radical (unpaired) electrons. The molecule has 1 N–H and O–H groups in total. The zero-order chi connectivity index (χ0) is 12.6. The van der Waals surface area contributed by atoms with E-state index in [0.717, 1.165) is 12.8 Å². The maximum Gasteiger partial charge on any atom is 0.243 e. The van der Waals surface area contributed by atoms with Crippen molar-refractivity contribution in [3.8, 4) is 0 Å². The fraction of sp³-hybridized carbons (Fsp3) is 0.500. The summed E-state index contributed by atoms with van der Waals surface area (Å²) in [4.78, 5) is 0.304. The molecule has 0 heterocycles. The number of rotatable bonds is 4. The van der Waals surface area contributed by atoms with Crippen molar-refractivity contribution < 1.29 is 13.5 Å². The minimum atomic E-state index is -3.42. The van der Waals surface area contributed by atoms with Gasteiger partial charge in [-0.1, -0.05) is 12.1 Å². The molecule has 94 valence electrons. The minimum absolute atomic E-state index is 0.137. The molecule has 17 heavy (non-hydrogen) atoms. The van der Waals surface area contributed by atoms with E-state index in [2.05, 4.69) is 0 Å². The molecule has 0 atom stereocenters. The Balaban J connectivity index is 2.45. The number of hydrogen-bond acceptors (Lipinski definition) is 3. The van der Waals surface area contributed by atoms with Crippen LogP contribution in [0.3, 0.4) is 0 Å². The highest BCUT2D eigenvalue weighted by atomic mass is 32.2. The highest BCUT2D eigenvalue weighted by Crippen LogP contribution is 2.31. The topological polar surface area (TPSA) is 57.6 Å². The van der Waals surface area contributed by atoms with Crippen molar-refractivity contribution in [2.75, 3.05) is 7.05 Å². The van der Waals surface area contributed by atoms with Crippen LogP contribution in [0.4, 0.5) is 0 Å². The summed E-state index contributed by atoms with van der Waals surface area (Å²) >= 11 is 0. The smallest absolute Gasteiger partial charge is 0.243 e. The summed E-state index contributed by atoms with van der Waals surface area (Å²) in [5.74, 6) is 0. The van der Waals surface area contributed by atoms with Gasteiger partial charge in [-0.2, -0.15) is 4.31 Å². The zero-order valence-electron chi connectivity index (χ0n) is 10.0. The van der Waals surface area contributed by atoms with E-state index in [4.69, 9.17) is 5.11 Å². The molecule has 0 unspecified atom stereocenters. The fourth-order valence-corrected chi connectivity index (χ4v) is 3.58. The second-order valence-corrected chi connectivity index (χ2v) is 6.42. The van der Waals surface area contributed by atoms with Crippen molar-refractivity contribution in [1.29, 1.82) is 0 Å². The first kappa shape index (κ1) is 12.5. The maximum atomic E-state index is 12.3. The average molecular weight is 255 g/mol. The van der Waals surface area contributed by atoms with E-state index in [1.165, 1.54) is 4.31 Å². The van der Waals surface area contributed by atoms with Crippen molar-refractivity contribution in [3.63, 3.8) is 0 Å². The Morgan fingerprint density at radius 3 is 2.59 bits per heavy atom. The van der Waals surface area contributed by atoms with Gasteiger partial charge in [0.1, 0.15) is 0 Å². The van der Waals surface area contributed by atoms with Gasteiger partial charge in [-0.3, -0.25) is 0 Å². The van der Waals surface area contributed by atoms with Crippen LogP contribution in [0.15, 0.2) is 23.1 Å². The van der Waals surface area contributed by atoms with Crippen LogP contribution in [0, 0.1) is 6.92 Å². The van der Waals surface area contributed by atoms with Crippen LogP contribution < -0.4 is 0 Å². The monoisotopic (exact) mass is 255 g/mol. The molecule has 0 amide bonds. The van der Waals surface area contributed by atoms with Gasteiger partial charge in [0.25, 0.3) is 0 Å². The third kappa shape index (κ3) is 2.22. The second-order valence-electron chi connectivity index (χ2n) is 4.45. The van der Waals surface area contributed by atoms with Gasteiger partial charge in [0.2, 0.25) is 10.0 Å². The van der Waals surface area contributed by atoms with Crippen LogP contribution in [0.25, 0.3) is 0 Å². The molecule has 1 aliphatic carbocycles. The van der Waals surface area contributed by atoms with E-state index in [-0.39, 0.29) is 12.6 Å². The van der Waals surface area contributed by atoms with Gasteiger partial charge in [0.15, 0.2) is 0 Å². The molecule has 1 aliphatic rings. The predicted octanol–water partition coefficient (Wildman–Crippen LogP) is 1.27. The zero-order valence-corrected chi connectivity index (χ0v) is 10.9. The molecular formula is C12H17NO3S. The standard InChI is InChI=1S/C12H17NO3S/c1-9-10(8-14)4-3-5-12(9)17(15,16)13(2)11-6-7-11/h3-5,11,14H,6-8H2,1-2H3. The fourth-order valence-electron chi connectivity index (χ4n) is 1.90. The third-order valence-electron chi connectivity index (χ3n) is 3.28. The van der Waals surface area contributed by atoms with Gasteiger partial charge in [-0.05, 0) is 37.0 Å². The largest absolute Gasteiger partial charge is 0.392 e. The third-order valence-corrected chi connectivity index (χ3v) is 5.34. The molecule has 0 bridgehead atoms. The minimum Gasteiger partial charge on any atom is -0.392 e. The summed E-state index contributed by atoms with van der Waals surface area (Å²) in [6.45, 7) is 1.60. The molecule has 0 saturated heterocycles. The maximum absolute atomic E-state index is 12.3. The van der Waals surface area contributed by atoms with Crippen molar-refractivity contribution in [2.45, 2.75) is 37.3 Å². The van der Waals surface area contributed by atoms with Gasteiger partial charge in [-0.15, -0.1) is 0 Å². The summed E-state index contributed by atoms with van der Waals surface area (Å²) in [7, 11) is -1.79. The van der Waals surface area contributed by atoms with Crippen LogP contribution in [0.2, 0.25) is 0 Å². The van der Waals surface area contributed by atoms with Crippen molar-refractivity contribution >= 4 is 10.0 Å². The van der Waals surface area contributed by atoms with Gasteiger partial charge in [0, 0.05) is 13.1 Å². The number of aliphatic hydroxyl groups is 1. The quantitative estimate of drug-likeness (QED) is 0.881. The molecule has 0 spiro atoms. The molecular weight excluding hydrogens is 238 g/mol. The molecule has 1 aromatic carbocycles. The summed E-state index contributed by atoms with van der Waals surface area (Å²) in [5.41, 5.74) is 1.30. The van der Waals surface area contributed by atoms with Crippen molar-refractivity contribution in [2.24, 2.45) is 0 Å². The van der Waals surface area contributed by atoms with Gasteiger partial charge in [0.05, 0.1) is 11.5 Å². The molecule has 0 aliphatic heterocycles. The van der Waals surface area contributed by atoms with Crippen LogP contribution >= 0.6 is 0 Å². The molecule has 1 fully saturated rings. The van der Waals surface area contributed by atoms with Crippen LogP contribution in [0.5, 0.6) is 0 Å². The highest BCUT2D eigenvalue weighted by molar-refractivity contribution is 7.89. The highest BCUT2D eigenvalue weighted by Gasteiger charge is 2.35. The Bertz CT molecular complexity index is 521. The number of aliphatic hydroxyl groups excluding tert-OH is 1. The lowest BCUT2D eigenvalue weighted by atomic mass is 10.1. The van der Waals surface area contributed by atoms with E-state index in [1.807, 2.05) is 0 Å². The molecule has 0 aromatic heterocycles. The first-order valence-corrected chi connectivity index (χ1v) is 7.10. The van der Waals surface area contributed by atoms with Crippen LogP contribution in [-0.2, 0) is 16.6 Å². The van der Waals surface area contributed by atoms with E-state index in [0.29, 0.717) is 16.0 Å². The first-order chi connectivity index (χ1) is 7.98. The lowest BCUT2D eigenvalue weighted by Gasteiger charge is -2.18. The summed E-state index contributed by atoms with van der Waals surface area (Å²) in [5, 5.41) is 9.16. The van der Waals surface area contributed by atoms with E-state index >= 15 is 0 Å². The average Bonchev–Trinajstić information content (AvgIpc) is 3.12. The van der Waals surface area contributed by atoms with E-state index in [1.54, 1.807) is 32.2 Å². The number of hydrogen-bond donors (Lipinski definition) is 1. The summed E-state index contributed by atoms with van der Waals surface area (Å²) in [6, 6.07) is 5.16. The Morgan fingerprint density at radius 1 is 1.41 bits per heavy atom. The SMILES string of the molecule is Cc1c(CO)cccc1S(=O)(=O)N(C)C1CC1. The molecule has 5 heteroatoms. The van der Waals surface area contributed by atoms with Crippen LogP contribution in [-0.4, -0.2) is 30.9 Å². The predicted molar refractivity (Wildman–Crippen MR) is 65.1 cm³/mol. The Hall–Kier alpha value is -0.910. The van der Waals surface area contributed by atoms with Gasteiger partial charge < -0.3 is 5.11 Å². The molecule has 1 aromatic rings. The van der Waals surface area contributed by atoms with Gasteiger partial charge in [-0.25, -0.2) is 8.42 Å². The van der Waals surface area contributed by atoms with E-state index in [9.17, 15) is 8.42 Å². The number of benzene rings is 1. The summed E-state index contributed by atoms with van der Waals surface area (Å²) < 4.78 is 26.1. The number of nitrogens with zero attached hydrogens (tertiary/aromatic N) is 1. The molecule has 1 saturated carbocycles. The van der Waals surface area contributed by atoms with Crippen molar-refractivity contribution in [1.82, 2.24) is 4.31 Å². The lowest BCUT2D eigenvalue weighted by Crippen LogP contribution is -2.29. The Labute approximate surface area is 102 Å². The first-order valence-electron chi connectivity index (χ1n) is 5.66. The normalized spacial score (nSPS) is 16.5. The second kappa shape index (κ2) is 4.40. The van der Waals surface area contributed by atoms with Crippen LogP contribution in [0.1, 0.15) is 24.0 Å². The summed E-state index contributed by atoms with van der Waals surface area (Å²) in [6.07, 6.45) is 1.88.